The average Bonchev–Trinajstić information content (AvgIpc) is 2.46. The minimum absolute atomic E-state index is 0.533. The zero-order valence-corrected chi connectivity index (χ0v) is 12.8. The van der Waals surface area contributed by atoms with Gasteiger partial charge in [0.1, 0.15) is 22.3 Å². The summed E-state index contributed by atoms with van der Waals surface area (Å²) in [6, 6.07) is 8.56. The van der Waals surface area contributed by atoms with Crippen LogP contribution in [-0.2, 0) is 10.0 Å². The molecule has 1 atom stereocenters. The Morgan fingerprint density at radius 2 is 1.86 bits per heavy atom. The molecule has 0 saturated carbocycles. The van der Waals surface area contributed by atoms with E-state index in [1.807, 2.05) is 0 Å². The van der Waals surface area contributed by atoms with Gasteiger partial charge in [0.25, 0.3) is 0 Å². The standard InChI is InChI=1S/C15H15F2NO3S/c1-10(11-4-3-5-13(8-11)21-2)18-22(19,20)15-7-6-12(16)9-14(15)17/h3-10,18H,1-2H3. The van der Waals surface area contributed by atoms with E-state index in [2.05, 4.69) is 4.72 Å². The van der Waals surface area contributed by atoms with Crippen molar-refractivity contribution in [1.82, 2.24) is 4.72 Å². The first-order chi connectivity index (χ1) is 10.3. The predicted octanol–water partition coefficient (Wildman–Crippen LogP) is 3.01. The van der Waals surface area contributed by atoms with Gasteiger partial charge in [-0.05, 0) is 36.8 Å². The van der Waals surface area contributed by atoms with Crippen molar-refractivity contribution in [1.29, 1.82) is 0 Å². The number of ether oxygens (including phenoxy) is 1. The second-order valence-electron chi connectivity index (χ2n) is 4.69. The van der Waals surface area contributed by atoms with Crippen LogP contribution >= 0.6 is 0 Å². The highest BCUT2D eigenvalue weighted by Crippen LogP contribution is 2.22. The third-order valence-corrected chi connectivity index (χ3v) is 4.68. The van der Waals surface area contributed by atoms with Crippen molar-refractivity contribution in [2.24, 2.45) is 0 Å². The molecule has 2 aromatic carbocycles. The van der Waals surface area contributed by atoms with Crippen molar-refractivity contribution in [3.8, 4) is 5.75 Å². The van der Waals surface area contributed by atoms with Crippen LogP contribution in [0.5, 0.6) is 5.75 Å². The summed E-state index contributed by atoms with van der Waals surface area (Å²) in [6.45, 7) is 1.62. The van der Waals surface area contributed by atoms with E-state index >= 15 is 0 Å². The Morgan fingerprint density at radius 3 is 2.50 bits per heavy atom. The van der Waals surface area contributed by atoms with Crippen molar-refractivity contribution in [2.75, 3.05) is 7.11 Å². The second-order valence-corrected chi connectivity index (χ2v) is 6.38. The van der Waals surface area contributed by atoms with Gasteiger partial charge in [0.15, 0.2) is 0 Å². The van der Waals surface area contributed by atoms with E-state index in [-0.39, 0.29) is 0 Å². The van der Waals surface area contributed by atoms with Crippen LogP contribution < -0.4 is 9.46 Å². The summed E-state index contributed by atoms with van der Waals surface area (Å²) >= 11 is 0. The maximum Gasteiger partial charge on any atom is 0.244 e. The Morgan fingerprint density at radius 1 is 1.14 bits per heavy atom. The van der Waals surface area contributed by atoms with E-state index in [1.165, 1.54) is 7.11 Å². The molecule has 0 bridgehead atoms. The Balaban J connectivity index is 2.27. The molecule has 118 valence electrons. The molecule has 0 aliphatic rings. The molecule has 2 aromatic rings. The quantitative estimate of drug-likeness (QED) is 0.918. The first kappa shape index (κ1) is 16.4. The molecule has 2 rings (SSSR count). The van der Waals surface area contributed by atoms with E-state index in [9.17, 15) is 17.2 Å². The first-order valence-electron chi connectivity index (χ1n) is 6.45. The maximum absolute atomic E-state index is 13.6. The highest BCUT2D eigenvalue weighted by molar-refractivity contribution is 7.89. The molecule has 0 aromatic heterocycles. The van der Waals surface area contributed by atoms with E-state index in [1.54, 1.807) is 31.2 Å². The summed E-state index contributed by atoms with van der Waals surface area (Å²) in [6.07, 6.45) is 0. The van der Waals surface area contributed by atoms with Gasteiger partial charge >= 0.3 is 0 Å². The summed E-state index contributed by atoms with van der Waals surface area (Å²) in [7, 11) is -2.61. The number of halogens is 2. The van der Waals surface area contributed by atoms with Crippen LogP contribution in [0.15, 0.2) is 47.4 Å². The number of rotatable bonds is 5. The van der Waals surface area contributed by atoms with Crippen molar-refractivity contribution < 1.29 is 21.9 Å². The molecular formula is C15H15F2NO3S. The van der Waals surface area contributed by atoms with Gasteiger partial charge in [-0.3, -0.25) is 0 Å². The molecule has 0 amide bonds. The fourth-order valence-electron chi connectivity index (χ4n) is 1.97. The van der Waals surface area contributed by atoms with Gasteiger partial charge in [-0.25, -0.2) is 21.9 Å². The van der Waals surface area contributed by atoms with Crippen molar-refractivity contribution in [3.05, 3.63) is 59.7 Å². The van der Waals surface area contributed by atoms with Crippen LogP contribution in [0, 0.1) is 11.6 Å². The monoisotopic (exact) mass is 327 g/mol. The third kappa shape index (κ3) is 3.61. The lowest BCUT2D eigenvalue weighted by atomic mass is 10.1. The molecule has 4 nitrogen and oxygen atoms in total. The molecule has 22 heavy (non-hydrogen) atoms. The molecule has 7 heteroatoms. The van der Waals surface area contributed by atoms with Crippen LogP contribution in [0.4, 0.5) is 8.78 Å². The van der Waals surface area contributed by atoms with Crippen LogP contribution in [-0.4, -0.2) is 15.5 Å². The summed E-state index contributed by atoms with van der Waals surface area (Å²) < 4.78 is 58.3. The molecule has 0 spiro atoms. The highest BCUT2D eigenvalue weighted by Gasteiger charge is 2.22. The van der Waals surface area contributed by atoms with Crippen LogP contribution in [0.25, 0.3) is 0 Å². The molecule has 0 radical (unpaired) electrons. The lowest BCUT2D eigenvalue weighted by Crippen LogP contribution is -2.27. The topological polar surface area (TPSA) is 55.4 Å². The smallest absolute Gasteiger partial charge is 0.244 e. The summed E-state index contributed by atoms with van der Waals surface area (Å²) in [4.78, 5) is -0.594. The lowest BCUT2D eigenvalue weighted by molar-refractivity contribution is 0.413. The van der Waals surface area contributed by atoms with Gasteiger partial charge in [-0.1, -0.05) is 12.1 Å². The average molecular weight is 327 g/mol. The largest absolute Gasteiger partial charge is 0.497 e. The lowest BCUT2D eigenvalue weighted by Gasteiger charge is -2.15. The van der Waals surface area contributed by atoms with Gasteiger partial charge < -0.3 is 4.74 Å². The Hall–Kier alpha value is -1.99. The molecule has 0 heterocycles. The summed E-state index contributed by atoms with van der Waals surface area (Å²) in [5.41, 5.74) is 0.658. The van der Waals surface area contributed by atoms with Crippen LogP contribution in [0.2, 0.25) is 0 Å². The molecule has 0 fully saturated rings. The van der Waals surface area contributed by atoms with Gasteiger partial charge in [0, 0.05) is 12.1 Å². The fraction of sp³-hybridized carbons (Fsp3) is 0.200. The molecule has 0 aliphatic carbocycles. The maximum atomic E-state index is 13.6. The summed E-state index contributed by atoms with van der Waals surface area (Å²) in [5, 5.41) is 0. The molecule has 0 saturated heterocycles. The predicted molar refractivity (Wildman–Crippen MR) is 78.1 cm³/mol. The fourth-order valence-corrected chi connectivity index (χ4v) is 3.26. The van der Waals surface area contributed by atoms with Gasteiger partial charge in [-0.15, -0.1) is 0 Å². The molecule has 1 unspecified atom stereocenters. The first-order valence-corrected chi connectivity index (χ1v) is 7.93. The number of methoxy groups -OCH3 is 1. The Kier molecular flexibility index (Phi) is 4.77. The van der Waals surface area contributed by atoms with Crippen molar-refractivity contribution >= 4 is 10.0 Å². The number of hydrogen-bond acceptors (Lipinski definition) is 3. The number of benzene rings is 2. The number of sulfonamides is 1. The molecular weight excluding hydrogens is 312 g/mol. The zero-order valence-electron chi connectivity index (χ0n) is 12.0. The minimum atomic E-state index is -4.11. The van der Waals surface area contributed by atoms with Crippen molar-refractivity contribution in [3.63, 3.8) is 0 Å². The normalized spacial score (nSPS) is 12.9. The Labute approximate surface area is 127 Å². The summed E-state index contributed by atoms with van der Waals surface area (Å²) in [5.74, 6) is -1.39. The van der Waals surface area contributed by atoms with Gasteiger partial charge in [0.05, 0.1) is 7.11 Å². The molecule has 0 aliphatic heterocycles. The Bertz CT molecular complexity index is 778. The third-order valence-electron chi connectivity index (χ3n) is 3.11. The second kappa shape index (κ2) is 6.41. The van der Waals surface area contributed by atoms with Crippen LogP contribution in [0.1, 0.15) is 18.5 Å². The molecule has 1 N–H and O–H groups in total. The highest BCUT2D eigenvalue weighted by atomic mass is 32.2. The van der Waals surface area contributed by atoms with E-state index in [0.29, 0.717) is 17.4 Å². The van der Waals surface area contributed by atoms with Crippen LogP contribution in [0.3, 0.4) is 0 Å². The van der Waals surface area contributed by atoms with E-state index in [4.69, 9.17) is 4.74 Å². The van der Waals surface area contributed by atoms with E-state index < -0.39 is 32.6 Å². The SMILES string of the molecule is COc1cccc(C(C)NS(=O)(=O)c2ccc(F)cc2F)c1. The number of nitrogens with one attached hydrogen (secondary N) is 1. The minimum Gasteiger partial charge on any atom is -0.497 e. The number of hydrogen-bond donors (Lipinski definition) is 1. The van der Waals surface area contributed by atoms with Gasteiger partial charge in [-0.2, -0.15) is 0 Å². The zero-order chi connectivity index (χ0) is 16.3. The van der Waals surface area contributed by atoms with Gasteiger partial charge in [0.2, 0.25) is 10.0 Å². The van der Waals surface area contributed by atoms with E-state index in [0.717, 1.165) is 12.1 Å². The van der Waals surface area contributed by atoms with Crippen molar-refractivity contribution in [2.45, 2.75) is 17.9 Å².